The standard InChI is InChI=1S/C16H12F5N3O/c1-2-25-13-7-9(3-4-10(13)16(19,20)21)11-8-12(15(17)18)24-14(23-11)5-6-22-24/h3-8,15H,2H2,1H3. The summed E-state index contributed by atoms with van der Waals surface area (Å²) < 4.78 is 71.6. The largest absolute Gasteiger partial charge is 0.493 e. The van der Waals surface area contributed by atoms with Crippen LogP contribution >= 0.6 is 0 Å². The molecule has 0 aliphatic heterocycles. The molecule has 4 nitrogen and oxygen atoms in total. The summed E-state index contributed by atoms with van der Waals surface area (Å²) in [6, 6.07) is 5.71. The highest BCUT2D eigenvalue weighted by Gasteiger charge is 2.34. The van der Waals surface area contributed by atoms with Gasteiger partial charge in [0.05, 0.1) is 24.1 Å². The summed E-state index contributed by atoms with van der Waals surface area (Å²) >= 11 is 0. The molecular weight excluding hydrogens is 345 g/mol. The number of halogens is 5. The number of hydrogen-bond acceptors (Lipinski definition) is 3. The molecule has 0 fully saturated rings. The second-order valence-electron chi connectivity index (χ2n) is 5.11. The molecule has 0 amide bonds. The van der Waals surface area contributed by atoms with Crippen LogP contribution in [0.4, 0.5) is 22.0 Å². The number of rotatable bonds is 4. The lowest BCUT2D eigenvalue weighted by Crippen LogP contribution is -2.09. The highest BCUT2D eigenvalue weighted by molar-refractivity contribution is 5.65. The molecule has 25 heavy (non-hydrogen) atoms. The summed E-state index contributed by atoms with van der Waals surface area (Å²) in [7, 11) is 0. The molecule has 0 N–H and O–H groups in total. The molecule has 9 heteroatoms. The normalized spacial score (nSPS) is 12.1. The topological polar surface area (TPSA) is 39.4 Å². The van der Waals surface area contributed by atoms with Gasteiger partial charge in [-0.05, 0) is 25.1 Å². The first-order valence-corrected chi connectivity index (χ1v) is 7.28. The summed E-state index contributed by atoms with van der Waals surface area (Å²) in [4.78, 5) is 4.17. The van der Waals surface area contributed by atoms with Crippen molar-refractivity contribution in [2.24, 2.45) is 0 Å². The average molecular weight is 357 g/mol. The van der Waals surface area contributed by atoms with Gasteiger partial charge < -0.3 is 4.74 Å². The minimum absolute atomic E-state index is 0.0317. The number of benzene rings is 1. The zero-order chi connectivity index (χ0) is 18.2. The number of aromatic nitrogens is 3. The summed E-state index contributed by atoms with van der Waals surface area (Å²) in [5.41, 5.74) is -0.814. The predicted molar refractivity (Wildman–Crippen MR) is 79.6 cm³/mol. The van der Waals surface area contributed by atoms with E-state index in [1.807, 2.05) is 0 Å². The Morgan fingerprint density at radius 3 is 2.56 bits per heavy atom. The third-order valence-corrected chi connectivity index (χ3v) is 3.49. The van der Waals surface area contributed by atoms with Crippen LogP contribution in [0.3, 0.4) is 0 Å². The van der Waals surface area contributed by atoms with Crippen LogP contribution in [-0.4, -0.2) is 21.2 Å². The lowest BCUT2D eigenvalue weighted by molar-refractivity contribution is -0.138. The van der Waals surface area contributed by atoms with Gasteiger partial charge in [0, 0.05) is 11.6 Å². The predicted octanol–water partition coefficient (Wildman–Crippen LogP) is 4.75. The van der Waals surface area contributed by atoms with Crippen molar-refractivity contribution < 1.29 is 26.7 Å². The van der Waals surface area contributed by atoms with Crippen molar-refractivity contribution in [1.82, 2.24) is 14.6 Å². The fraction of sp³-hybridized carbons (Fsp3) is 0.250. The smallest absolute Gasteiger partial charge is 0.419 e. The molecule has 2 heterocycles. The van der Waals surface area contributed by atoms with Crippen molar-refractivity contribution in [2.45, 2.75) is 19.5 Å². The van der Waals surface area contributed by atoms with E-state index < -0.39 is 23.9 Å². The van der Waals surface area contributed by atoms with Crippen molar-refractivity contribution >= 4 is 5.65 Å². The van der Waals surface area contributed by atoms with E-state index in [4.69, 9.17) is 4.74 Å². The minimum atomic E-state index is -4.58. The van der Waals surface area contributed by atoms with Crippen LogP contribution < -0.4 is 4.74 Å². The zero-order valence-corrected chi connectivity index (χ0v) is 12.9. The molecule has 0 atom stereocenters. The highest BCUT2D eigenvalue weighted by atomic mass is 19.4. The molecule has 132 valence electrons. The molecular formula is C16H12F5N3O. The van der Waals surface area contributed by atoms with Crippen molar-refractivity contribution in [3.05, 3.63) is 47.8 Å². The number of alkyl halides is 5. The first-order valence-electron chi connectivity index (χ1n) is 7.28. The first-order chi connectivity index (χ1) is 11.8. The quantitative estimate of drug-likeness (QED) is 0.633. The van der Waals surface area contributed by atoms with Gasteiger partial charge in [0.2, 0.25) is 0 Å². The van der Waals surface area contributed by atoms with E-state index >= 15 is 0 Å². The van der Waals surface area contributed by atoms with Gasteiger partial charge >= 0.3 is 6.18 Å². The van der Waals surface area contributed by atoms with Crippen LogP contribution in [0.1, 0.15) is 24.6 Å². The van der Waals surface area contributed by atoms with E-state index in [1.54, 1.807) is 6.92 Å². The van der Waals surface area contributed by atoms with Crippen LogP contribution in [-0.2, 0) is 6.18 Å². The molecule has 0 saturated heterocycles. The van der Waals surface area contributed by atoms with E-state index in [-0.39, 0.29) is 29.3 Å². The molecule has 3 aromatic rings. The van der Waals surface area contributed by atoms with Crippen molar-refractivity contribution in [3.8, 4) is 17.0 Å². The van der Waals surface area contributed by atoms with Gasteiger partial charge in [-0.3, -0.25) is 0 Å². The third-order valence-electron chi connectivity index (χ3n) is 3.49. The molecule has 0 radical (unpaired) electrons. The Bertz CT molecular complexity index is 904. The SMILES string of the molecule is CCOc1cc(-c2cc(C(F)F)n3nccc3n2)ccc1C(F)(F)F. The summed E-state index contributed by atoms with van der Waals surface area (Å²) in [6.45, 7) is 1.59. The molecule has 0 aliphatic carbocycles. The number of ether oxygens (including phenoxy) is 1. The molecule has 2 aromatic heterocycles. The Hall–Kier alpha value is -2.71. The fourth-order valence-electron chi connectivity index (χ4n) is 2.43. The molecule has 1 aromatic carbocycles. The van der Waals surface area contributed by atoms with Gasteiger partial charge in [-0.15, -0.1) is 0 Å². The van der Waals surface area contributed by atoms with Crippen LogP contribution in [0, 0.1) is 0 Å². The Morgan fingerprint density at radius 1 is 1.16 bits per heavy atom. The monoisotopic (exact) mass is 357 g/mol. The lowest BCUT2D eigenvalue weighted by Gasteiger charge is -2.15. The van der Waals surface area contributed by atoms with Crippen LogP contribution in [0.5, 0.6) is 5.75 Å². The van der Waals surface area contributed by atoms with Gasteiger partial charge in [0.15, 0.2) is 5.65 Å². The summed E-state index contributed by atoms with van der Waals surface area (Å²) in [6.07, 6.45) is -6.08. The Labute approximate surface area is 138 Å². The Morgan fingerprint density at radius 2 is 1.92 bits per heavy atom. The molecule has 0 bridgehead atoms. The molecule has 0 spiro atoms. The van der Waals surface area contributed by atoms with Gasteiger partial charge in [-0.1, -0.05) is 6.07 Å². The van der Waals surface area contributed by atoms with Gasteiger partial charge in [-0.2, -0.15) is 18.3 Å². The summed E-state index contributed by atoms with van der Waals surface area (Å²) in [5, 5.41) is 3.77. The fourth-order valence-corrected chi connectivity index (χ4v) is 2.43. The van der Waals surface area contributed by atoms with Crippen LogP contribution in [0.15, 0.2) is 36.5 Å². The molecule has 3 rings (SSSR count). The number of nitrogens with zero attached hydrogens (tertiary/aromatic N) is 3. The maximum atomic E-state index is 13.2. The molecule has 0 unspecified atom stereocenters. The lowest BCUT2D eigenvalue weighted by atomic mass is 10.1. The maximum absolute atomic E-state index is 13.2. The second kappa shape index (κ2) is 6.30. The van der Waals surface area contributed by atoms with E-state index in [0.29, 0.717) is 0 Å². The first kappa shape index (κ1) is 17.1. The second-order valence-corrected chi connectivity index (χ2v) is 5.11. The van der Waals surface area contributed by atoms with Crippen molar-refractivity contribution in [1.29, 1.82) is 0 Å². The minimum Gasteiger partial charge on any atom is -0.493 e. The van der Waals surface area contributed by atoms with E-state index in [9.17, 15) is 22.0 Å². The highest BCUT2D eigenvalue weighted by Crippen LogP contribution is 2.38. The van der Waals surface area contributed by atoms with Gasteiger partial charge in [0.1, 0.15) is 11.4 Å². The Balaban J connectivity index is 2.16. The average Bonchev–Trinajstić information content (AvgIpc) is 3.01. The van der Waals surface area contributed by atoms with E-state index in [0.717, 1.165) is 22.7 Å². The van der Waals surface area contributed by atoms with Gasteiger partial charge in [-0.25, -0.2) is 18.3 Å². The van der Waals surface area contributed by atoms with Crippen LogP contribution in [0.2, 0.25) is 0 Å². The molecule has 0 saturated carbocycles. The van der Waals surface area contributed by atoms with Crippen LogP contribution in [0.25, 0.3) is 16.9 Å². The summed E-state index contributed by atoms with van der Waals surface area (Å²) in [5.74, 6) is -0.374. The number of fused-ring (bicyclic) bond motifs is 1. The van der Waals surface area contributed by atoms with Crippen molar-refractivity contribution in [2.75, 3.05) is 6.61 Å². The Kier molecular flexibility index (Phi) is 4.32. The number of hydrogen-bond donors (Lipinski definition) is 0. The maximum Gasteiger partial charge on any atom is 0.419 e. The zero-order valence-electron chi connectivity index (χ0n) is 12.9. The third kappa shape index (κ3) is 3.26. The van der Waals surface area contributed by atoms with Gasteiger partial charge in [0.25, 0.3) is 6.43 Å². The van der Waals surface area contributed by atoms with Crippen molar-refractivity contribution in [3.63, 3.8) is 0 Å². The van der Waals surface area contributed by atoms with E-state index in [1.165, 1.54) is 18.3 Å². The molecule has 0 aliphatic rings. The van der Waals surface area contributed by atoms with E-state index in [2.05, 4.69) is 10.1 Å².